The van der Waals surface area contributed by atoms with Crippen LogP contribution in [0.2, 0.25) is 5.02 Å². The zero-order valence-electron chi connectivity index (χ0n) is 33.4. The highest BCUT2D eigenvalue weighted by Gasteiger charge is 2.39. The molecule has 4 heterocycles. The molecule has 57 heavy (non-hydrogen) atoms. The molecule has 2 fully saturated rings. The molecule has 13 heteroatoms. The number of hydrogen-bond acceptors (Lipinski definition) is 8. The second kappa shape index (κ2) is 16.7. The van der Waals surface area contributed by atoms with Crippen LogP contribution in [0.5, 0.6) is 0 Å². The van der Waals surface area contributed by atoms with Gasteiger partial charge in [0.05, 0.1) is 73.0 Å². The van der Waals surface area contributed by atoms with Crippen molar-refractivity contribution < 1.29 is 28.7 Å². The molecule has 7 rings (SSSR count). The van der Waals surface area contributed by atoms with E-state index in [1.807, 2.05) is 80.0 Å². The van der Waals surface area contributed by atoms with Crippen LogP contribution in [0.1, 0.15) is 90.0 Å². The summed E-state index contributed by atoms with van der Waals surface area (Å²) in [6.45, 7) is 9.07. The lowest BCUT2D eigenvalue weighted by Gasteiger charge is -2.29. The van der Waals surface area contributed by atoms with Crippen molar-refractivity contribution in [3.63, 3.8) is 0 Å². The predicted molar refractivity (Wildman–Crippen MR) is 219 cm³/mol. The third-order valence-electron chi connectivity index (χ3n) is 11.8. The number of aromatic nitrogens is 4. The van der Waals surface area contributed by atoms with E-state index in [4.69, 9.17) is 31.0 Å². The monoisotopic (exact) mass is 794 g/mol. The molecule has 0 unspecified atom stereocenters. The first-order valence-corrected chi connectivity index (χ1v) is 20.3. The molecule has 12 nitrogen and oxygen atoms in total. The Morgan fingerprint density at radius 1 is 0.684 bits per heavy atom. The molecular formula is C44H51ClN6O6. The Bertz CT molecular complexity index is 2310. The van der Waals surface area contributed by atoms with Crippen molar-refractivity contribution in [1.29, 1.82) is 0 Å². The Hall–Kier alpha value is -5.23. The first-order valence-electron chi connectivity index (χ1n) is 19.9. The van der Waals surface area contributed by atoms with E-state index in [1.54, 1.807) is 0 Å². The van der Waals surface area contributed by atoms with Gasteiger partial charge in [0.15, 0.2) is 0 Å². The molecule has 2 aliphatic rings. The number of carbonyl (C=O) groups excluding carboxylic acids is 4. The van der Waals surface area contributed by atoms with Gasteiger partial charge in [-0.05, 0) is 84.5 Å². The summed E-state index contributed by atoms with van der Waals surface area (Å²) in [7, 11) is 2.70. The van der Waals surface area contributed by atoms with E-state index >= 15 is 0 Å². The number of imidazole rings is 2. The Morgan fingerprint density at radius 3 is 1.58 bits per heavy atom. The van der Waals surface area contributed by atoms with Crippen molar-refractivity contribution in [2.24, 2.45) is 23.7 Å². The Morgan fingerprint density at radius 2 is 1.12 bits per heavy atom. The average Bonchev–Trinajstić information content (AvgIpc) is 4.03. The summed E-state index contributed by atoms with van der Waals surface area (Å²) in [6.07, 6.45) is 3.41. The molecule has 5 aromatic rings. The number of hydrogen-bond donors (Lipinski definition) is 2. The summed E-state index contributed by atoms with van der Waals surface area (Å²) in [5.74, 6) is -0.301. The van der Waals surface area contributed by atoms with Crippen molar-refractivity contribution in [3.05, 3.63) is 71.3 Å². The molecule has 0 aliphatic carbocycles. The van der Waals surface area contributed by atoms with Gasteiger partial charge in [-0.15, -0.1) is 0 Å². The smallest absolute Gasteiger partial charge is 0.306 e. The quantitative estimate of drug-likeness (QED) is 0.120. The first kappa shape index (κ1) is 40.0. The van der Waals surface area contributed by atoms with Crippen LogP contribution in [-0.2, 0) is 28.7 Å². The van der Waals surface area contributed by atoms with Gasteiger partial charge >= 0.3 is 11.9 Å². The Balaban J connectivity index is 1.09. The van der Waals surface area contributed by atoms with Crippen LogP contribution in [0.25, 0.3) is 44.3 Å². The van der Waals surface area contributed by atoms with Gasteiger partial charge in [0.1, 0.15) is 11.6 Å². The van der Waals surface area contributed by atoms with Gasteiger partial charge in [-0.2, -0.15) is 0 Å². The number of amides is 2. The molecule has 0 spiro atoms. The van der Waals surface area contributed by atoms with Crippen molar-refractivity contribution in [2.45, 2.75) is 78.3 Å². The van der Waals surface area contributed by atoms with E-state index in [2.05, 4.69) is 22.1 Å². The standard InChI is InChI=1S/C44H51ClN6O6/c1-24(2)30(22-39(52)56-5)43(54)50-17-7-9-37(50)41-46-33-15-12-27(20-35(33)48-41)26-11-14-29(32(45)19-26)28-13-16-34-36(21-28)49-42(47-34)38-10-8-18-51(38)44(55)31(25(3)4)23-40(53)57-6/h11-16,19-21,24-25,30-31,37-38H,7-10,17-18,22-23H2,1-6H3,(H,46,48)(H,47,49)/t30-,31-,37-,38-/m0/s1. The third kappa shape index (κ3) is 8.14. The lowest BCUT2D eigenvalue weighted by Crippen LogP contribution is -2.39. The summed E-state index contributed by atoms with van der Waals surface area (Å²) in [5, 5.41) is 0.599. The predicted octanol–water partition coefficient (Wildman–Crippen LogP) is 8.42. The molecule has 2 saturated heterocycles. The van der Waals surface area contributed by atoms with Crippen molar-refractivity contribution >= 4 is 57.4 Å². The maximum absolute atomic E-state index is 13.7. The molecule has 2 aromatic heterocycles. The van der Waals surface area contributed by atoms with Crippen molar-refractivity contribution in [3.8, 4) is 22.3 Å². The fourth-order valence-electron chi connectivity index (χ4n) is 8.45. The van der Waals surface area contributed by atoms with E-state index in [9.17, 15) is 19.2 Å². The minimum absolute atomic E-state index is 0.00752. The van der Waals surface area contributed by atoms with E-state index in [0.29, 0.717) is 18.1 Å². The number of nitrogens with zero attached hydrogens (tertiary/aromatic N) is 4. The lowest BCUT2D eigenvalue weighted by molar-refractivity contribution is -0.148. The van der Waals surface area contributed by atoms with Crippen LogP contribution < -0.4 is 0 Å². The van der Waals surface area contributed by atoms with Gasteiger partial charge in [-0.3, -0.25) is 19.2 Å². The van der Waals surface area contributed by atoms with E-state index < -0.39 is 11.8 Å². The van der Waals surface area contributed by atoms with Gasteiger partial charge in [-0.1, -0.05) is 63.6 Å². The zero-order chi connectivity index (χ0) is 40.5. The maximum atomic E-state index is 13.7. The molecule has 2 N–H and O–H groups in total. The highest BCUT2D eigenvalue weighted by Crippen LogP contribution is 2.39. The molecule has 2 aliphatic heterocycles. The van der Waals surface area contributed by atoms with Gasteiger partial charge in [-0.25, -0.2) is 9.97 Å². The number of fused-ring (bicyclic) bond motifs is 2. The molecule has 4 atom stereocenters. The summed E-state index contributed by atoms with van der Waals surface area (Å²) in [4.78, 5) is 72.1. The number of nitrogens with one attached hydrogen (secondary N) is 2. The first-order chi connectivity index (χ1) is 27.4. The van der Waals surface area contributed by atoms with Gasteiger partial charge in [0, 0.05) is 23.7 Å². The number of likely N-dealkylation sites (tertiary alicyclic amines) is 2. The molecule has 300 valence electrons. The zero-order valence-corrected chi connectivity index (χ0v) is 34.2. The van der Waals surface area contributed by atoms with Crippen molar-refractivity contribution in [1.82, 2.24) is 29.7 Å². The summed E-state index contributed by atoms with van der Waals surface area (Å²) >= 11 is 6.98. The number of ether oxygens (including phenoxy) is 2. The number of aromatic amines is 2. The summed E-state index contributed by atoms with van der Waals surface area (Å²) < 4.78 is 9.76. The van der Waals surface area contributed by atoms with Crippen LogP contribution in [0.3, 0.4) is 0 Å². The summed E-state index contributed by atoms with van der Waals surface area (Å²) in [6, 6.07) is 17.7. The second-order valence-corrected chi connectivity index (χ2v) is 16.5. The molecule has 3 aromatic carbocycles. The minimum Gasteiger partial charge on any atom is -0.469 e. The SMILES string of the molecule is COC(=O)C[C@H](C(=O)N1CCC[C@H]1c1nc2ccc(-c3ccc(-c4ccc5nc([C@@H]6CCCN6C(=O)[C@@H](CC(=O)OC)C(C)C)[nH]c5c4)c(Cl)c3)cc2[nH]1)C(C)C. The average molecular weight is 795 g/mol. The van der Waals surface area contributed by atoms with Gasteiger partial charge in [0.25, 0.3) is 0 Å². The number of H-pyrrole nitrogens is 2. The molecule has 0 radical (unpaired) electrons. The van der Waals surface area contributed by atoms with Crippen LogP contribution in [0, 0.1) is 23.7 Å². The number of halogens is 1. The van der Waals surface area contributed by atoms with Crippen LogP contribution in [0.15, 0.2) is 54.6 Å². The Kier molecular flexibility index (Phi) is 11.7. The fraction of sp³-hybridized carbons (Fsp3) is 0.455. The van der Waals surface area contributed by atoms with E-state index in [-0.39, 0.29) is 60.5 Å². The van der Waals surface area contributed by atoms with Crippen molar-refractivity contribution in [2.75, 3.05) is 27.3 Å². The normalized spacial score (nSPS) is 18.2. The second-order valence-electron chi connectivity index (χ2n) is 16.0. The van der Waals surface area contributed by atoms with E-state index in [0.717, 1.165) is 81.7 Å². The Labute approximate surface area is 337 Å². The molecule has 2 amide bonds. The van der Waals surface area contributed by atoms with Crippen LogP contribution in [0.4, 0.5) is 0 Å². The molecular weight excluding hydrogens is 744 g/mol. The number of carbonyl (C=O) groups is 4. The summed E-state index contributed by atoms with van der Waals surface area (Å²) in [5.41, 5.74) is 7.05. The number of esters is 2. The molecule has 0 bridgehead atoms. The van der Waals surface area contributed by atoms with E-state index in [1.165, 1.54) is 14.2 Å². The number of benzene rings is 3. The van der Waals surface area contributed by atoms with Crippen LogP contribution in [-0.4, -0.2) is 80.8 Å². The third-order valence-corrected chi connectivity index (χ3v) is 12.1. The lowest BCUT2D eigenvalue weighted by atomic mass is 9.91. The van der Waals surface area contributed by atoms with Crippen LogP contribution >= 0.6 is 11.6 Å². The number of rotatable bonds is 12. The fourth-order valence-corrected chi connectivity index (χ4v) is 8.74. The largest absolute Gasteiger partial charge is 0.469 e. The minimum atomic E-state index is -0.456. The highest BCUT2D eigenvalue weighted by molar-refractivity contribution is 6.33. The van der Waals surface area contributed by atoms with Gasteiger partial charge < -0.3 is 29.2 Å². The van der Waals surface area contributed by atoms with Gasteiger partial charge in [0.2, 0.25) is 11.8 Å². The topological polar surface area (TPSA) is 151 Å². The number of methoxy groups -OCH3 is 2. The highest BCUT2D eigenvalue weighted by atomic mass is 35.5. The maximum Gasteiger partial charge on any atom is 0.306 e. The molecule has 0 saturated carbocycles.